The average molecular weight is 284 g/mol. The lowest BCUT2D eigenvalue weighted by atomic mass is 9.94. The highest BCUT2D eigenvalue weighted by molar-refractivity contribution is 5.84. The molecule has 0 aliphatic carbocycles. The molecule has 1 saturated heterocycles. The van der Waals surface area contributed by atoms with Crippen LogP contribution in [0, 0.1) is 0 Å². The third-order valence-corrected chi connectivity index (χ3v) is 4.29. The Balaban J connectivity index is 2.53. The van der Waals surface area contributed by atoms with Gasteiger partial charge in [0.15, 0.2) is 0 Å². The Bertz CT molecular complexity index is 319. The normalized spacial score (nSPS) is 24.1. The van der Waals surface area contributed by atoms with E-state index >= 15 is 0 Å². The van der Waals surface area contributed by atoms with Crippen molar-refractivity contribution in [3.8, 4) is 0 Å². The maximum Gasteiger partial charge on any atom is 0.237 e. The number of nitrogens with two attached hydrogens (primary N) is 1. The van der Waals surface area contributed by atoms with Crippen LogP contribution >= 0.6 is 0 Å². The molecule has 20 heavy (non-hydrogen) atoms. The predicted octanol–water partition coefficient (Wildman–Crippen LogP) is 0.645. The molecule has 2 atom stereocenters. The summed E-state index contributed by atoms with van der Waals surface area (Å²) in [5.41, 5.74) is 4.97. The van der Waals surface area contributed by atoms with E-state index in [1.54, 1.807) is 0 Å². The minimum atomic E-state index is -0.612. The van der Waals surface area contributed by atoms with E-state index in [4.69, 9.17) is 5.73 Å². The second-order valence-electron chi connectivity index (χ2n) is 6.81. The summed E-state index contributed by atoms with van der Waals surface area (Å²) in [6, 6.07) is 0.880. The highest BCUT2D eigenvalue weighted by atomic mass is 16.1. The summed E-state index contributed by atoms with van der Waals surface area (Å²) in [5, 5.41) is 3.32. The van der Waals surface area contributed by atoms with Crippen molar-refractivity contribution in [2.24, 2.45) is 5.73 Å². The number of hydrogen-bond acceptors (Lipinski definition) is 4. The molecule has 0 aromatic heterocycles. The molecule has 2 unspecified atom stereocenters. The van der Waals surface area contributed by atoms with Crippen LogP contribution in [0.25, 0.3) is 0 Å². The van der Waals surface area contributed by atoms with E-state index in [0.717, 1.165) is 26.1 Å². The zero-order valence-electron chi connectivity index (χ0n) is 13.8. The Morgan fingerprint density at radius 2 is 2.15 bits per heavy atom. The number of carbonyl (C=O) groups is 1. The fourth-order valence-corrected chi connectivity index (χ4v) is 2.94. The van der Waals surface area contributed by atoms with Crippen LogP contribution in [-0.2, 0) is 4.79 Å². The minimum Gasteiger partial charge on any atom is -0.368 e. The van der Waals surface area contributed by atoms with Gasteiger partial charge in [0, 0.05) is 25.2 Å². The van der Waals surface area contributed by atoms with Crippen molar-refractivity contribution in [3.63, 3.8) is 0 Å². The monoisotopic (exact) mass is 284 g/mol. The number of hydrogen-bond donors (Lipinski definition) is 2. The number of piperidine rings is 1. The summed E-state index contributed by atoms with van der Waals surface area (Å²) in [6.45, 7) is 9.14. The summed E-state index contributed by atoms with van der Waals surface area (Å²) in [4.78, 5) is 16.5. The quantitative estimate of drug-likeness (QED) is 0.720. The number of carbonyl (C=O) groups excluding carboxylic acids is 1. The van der Waals surface area contributed by atoms with E-state index in [1.165, 1.54) is 12.8 Å². The van der Waals surface area contributed by atoms with E-state index in [2.05, 4.69) is 29.2 Å². The Kier molecular flexibility index (Phi) is 6.43. The number of likely N-dealkylation sites (tertiary alicyclic amines) is 1. The van der Waals surface area contributed by atoms with Crippen LogP contribution in [0.2, 0.25) is 0 Å². The molecule has 118 valence electrons. The number of primary amides is 1. The van der Waals surface area contributed by atoms with Crippen molar-refractivity contribution in [1.82, 2.24) is 15.1 Å². The molecule has 0 bridgehead atoms. The van der Waals surface area contributed by atoms with Crippen molar-refractivity contribution >= 4 is 5.91 Å². The van der Waals surface area contributed by atoms with Crippen LogP contribution in [-0.4, -0.2) is 67.1 Å². The third-order valence-electron chi connectivity index (χ3n) is 4.29. The number of likely N-dealkylation sites (N-methyl/N-ethyl adjacent to an activating group) is 1. The molecule has 1 rings (SSSR count). The van der Waals surface area contributed by atoms with Crippen LogP contribution < -0.4 is 11.1 Å². The Morgan fingerprint density at radius 1 is 1.50 bits per heavy atom. The Labute approximate surface area is 123 Å². The van der Waals surface area contributed by atoms with Gasteiger partial charge in [0.2, 0.25) is 5.91 Å². The summed E-state index contributed by atoms with van der Waals surface area (Å²) in [5.74, 6) is -0.257. The average Bonchev–Trinajstić information content (AvgIpc) is 2.35. The van der Waals surface area contributed by atoms with Gasteiger partial charge in [0.1, 0.15) is 0 Å². The van der Waals surface area contributed by atoms with Gasteiger partial charge in [-0.3, -0.25) is 4.79 Å². The minimum absolute atomic E-state index is 0.253. The number of rotatable bonds is 7. The number of nitrogens with zero attached hydrogens (tertiary/aromatic N) is 2. The van der Waals surface area contributed by atoms with Gasteiger partial charge >= 0.3 is 0 Å². The third kappa shape index (κ3) is 5.04. The van der Waals surface area contributed by atoms with Crippen LogP contribution in [0.1, 0.15) is 40.0 Å². The highest BCUT2D eigenvalue weighted by Crippen LogP contribution is 2.17. The lowest BCUT2D eigenvalue weighted by Crippen LogP contribution is -2.57. The second kappa shape index (κ2) is 7.38. The molecule has 0 radical (unpaired) electrons. The van der Waals surface area contributed by atoms with Crippen LogP contribution in [0.15, 0.2) is 0 Å². The first-order valence-corrected chi connectivity index (χ1v) is 7.71. The van der Waals surface area contributed by atoms with Gasteiger partial charge in [-0.05, 0) is 60.7 Å². The maximum absolute atomic E-state index is 11.7. The Morgan fingerprint density at radius 3 is 2.65 bits per heavy atom. The molecule has 0 aromatic carbocycles. The van der Waals surface area contributed by atoms with Crippen LogP contribution in [0.4, 0.5) is 0 Å². The molecule has 1 amide bonds. The zero-order chi connectivity index (χ0) is 15.3. The van der Waals surface area contributed by atoms with Crippen molar-refractivity contribution in [2.45, 2.75) is 57.7 Å². The van der Waals surface area contributed by atoms with Crippen molar-refractivity contribution in [1.29, 1.82) is 0 Å². The lowest BCUT2D eigenvalue weighted by molar-refractivity contribution is -0.124. The van der Waals surface area contributed by atoms with Gasteiger partial charge in [-0.15, -0.1) is 0 Å². The molecule has 1 heterocycles. The first-order valence-electron chi connectivity index (χ1n) is 7.71. The summed E-state index contributed by atoms with van der Waals surface area (Å²) < 4.78 is 0. The molecule has 0 spiro atoms. The van der Waals surface area contributed by atoms with E-state index in [1.807, 2.05) is 20.8 Å². The molecule has 5 heteroatoms. The van der Waals surface area contributed by atoms with Crippen molar-refractivity contribution < 1.29 is 4.79 Å². The maximum atomic E-state index is 11.7. The first-order chi connectivity index (χ1) is 9.24. The van der Waals surface area contributed by atoms with E-state index in [0.29, 0.717) is 6.04 Å². The molecule has 3 N–H and O–H groups in total. The molecular formula is C15H32N4O. The molecule has 0 saturated carbocycles. The van der Waals surface area contributed by atoms with Crippen LogP contribution in [0.3, 0.4) is 0 Å². The fourth-order valence-electron chi connectivity index (χ4n) is 2.94. The fraction of sp³-hybridized carbons (Fsp3) is 0.933. The highest BCUT2D eigenvalue weighted by Gasteiger charge is 2.32. The van der Waals surface area contributed by atoms with Gasteiger partial charge in [0.25, 0.3) is 0 Å². The lowest BCUT2D eigenvalue weighted by Gasteiger charge is -2.38. The van der Waals surface area contributed by atoms with E-state index in [-0.39, 0.29) is 11.9 Å². The summed E-state index contributed by atoms with van der Waals surface area (Å²) >= 11 is 0. The largest absolute Gasteiger partial charge is 0.368 e. The topological polar surface area (TPSA) is 61.6 Å². The molecular weight excluding hydrogens is 252 g/mol. The van der Waals surface area contributed by atoms with Gasteiger partial charge in [-0.25, -0.2) is 0 Å². The van der Waals surface area contributed by atoms with Gasteiger partial charge < -0.3 is 20.9 Å². The number of amides is 1. The van der Waals surface area contributed by atoms with E-state index < -0.39 is 5.54 Å². The molecule has 5 nitrogen and oxygen atoms in total. The van der Waals surface area contributed by atoms with E-state index in [9.17, 15) is 4.79 Å². The predicted molar refractivity (Wildman–Crippen MR) is 83.6 cm³/mol. The second-order valence-corrected chi connectivity index (χ2v) is 6.81. The molecule has 1 fully saturated rings. The molecule has 1 aliphatic heterocycles. The smallest absolute Gasteiger partial charge is 0.237 e. The number of nitrogens with one attached hydrogen (secondary N) is 1. The molecule has 0 aromatic rings. The van der Waals surface area contributed by atoms with Gasteiger partial charge in [0.05, 0.1) is 5.54 Å². The molecule has 1 aliphatic rings. The van der Waals surface area contributed by atoms with Crippen molar-refractivity contribution in [2.75, 3.05) is 33.7 Å². The summed E-state index contributed by atoms with van der Waals surface area (Å²) in [6.07, 6.45) is 3.26. The SMILES string of the molecule is CC(C)NC(C)(CCN1CCCC(N(C)C)C1)C(N)=O. The first kappa shape index (κ1) is 17.4. The van der Waals surface area contributed by atoms with Crippen molar-refractivity contribution in [3.05, 3.63) is 0 Å². The van der Waals surface area contributed by atoms with Crippen LogP contribution in [0.5, 0.6) is 0 Å². The summed E-state index contributed by atoms with van der Waals surface area (Å²) in [7, 11) is 4.28. The van der Waals surface area contributed by atoms with Gasteiger partial charge in [-0.1, -0.05) is 0 Å². The van der Waals surface area contributed by atoms with Gasteiger partial charge in [-0.2, -0.15) is 0 Å². The standard InChI is InChI=1S/C15H32N4O/c1-12(2)17-15(3,14(16)20)8-10-19-9-6-7-13(11-19)18(4)5/h12-13,17H,6-11H2,1-5H3,(H2,16,20). The Hall–Kier alpha value is -0.650. The zero-order valence-corrected chi connectivity index (χ0v) is 13.8.